The first kappa shape index (κ1) is 15.2. The van der Waals surface area contributed by atoms with Crippen molar-refractivity contribution >= 4 is 17.5 Å². The van der Waals surface area contributed by atoms with Crippen LogP contribution in [0.3, 0.4) is 0 Å². The van der Waals surface area contributed by atoms with Crippen molar-refractivity contribution in [2.45, 2.75) is 38.8 Å². The summed E-state index contributed by atoms with van der Waals surface area (Å²) in [5.41, 5.74) is 1.14. The molecule has 1 N–H and O–H groups in total. The average molecular weight is 287 g/mol. The molecule has 112 valence electrons. The molecule has 0 radical (unpaired) electrons. The fourth-order valence-corrected chi connectivity index (χ4v) is 2.24. The molecule has 5 nitrogen and oxygen atoms in total. The highest BCUT2D eigenvalue weighted by Crippen LogP contribution is 2.21. The van der Waals surface area contributed by atoms with E-state index in [1.165, 1.54) is 0 Å². The van der Waals surface area contributed by atoms with Gasteiger partial charge in [0.05, 0.1) is 6.57 Å². The third-order valence-corrected chi connectivity index (χ3v) is 3.21. The number of anilines is 1. The molecule has 21 heavy (non-hydrogen) atoms. The summed E-state index contributed by atoms with van der Waals surface area (Å²) in [6, 6.07) is 7.58. The maximum Gasteiger partial charge on any atom is 0.410 e. The summed E-state index contributed by atoms with van der Waals surface area (Å²) in [4.78, 5) is 17.1. The highest BCUT2D eigenvalue weighted by molar-refractivity contribution is 5.68. The fraction of sp³-hybridized carbons (Fsp3) is 0.500. The molecule has 1 aliphatic rings. The lowest BCUT2D eigenvalue weighted by atomic mass is 10.2. The largest absolute Gasteiger partial charge is 0.444 e. The Labute approximate surface area is 125 Å². The number of hydrogen-bond donors (Lipinski definition) is 1. The van der Waals surface area contributed by atoms with E-state index in [0.29, 0.717) is 18.8 Å². The second kappa shape index (κ2) is 6.04. The predicted octanol–water partition coefficient (Wildman–Crippen LogP) is 3.66. The van der Waals surface area contributed by atoms with Crippen LogP contribution in [0.4, 0.5) is 16.2 Å². The molecule has 0 unspecified atom stereocenters. The van der Waals surface area contributed by atoms with Gasteiger partial charge in [-0.3, -0.25) is 0 Å². The van der Waals surface area contributed by atoms with E-state index in [1.807, 2.05) is 32.9 Å². The van der Waals surface area contributed by atoms with Crippen LogP contribution in [0.1, 0.15) is 27.2 Å². The number of nitrogens with zero attached hydrogens (tertiary/aromatic N) is 2. The lowest BCUT2D eigenvalue weighted by Gasteiger charge is -2.24. The van der Waals surface area contributed by atoms with Gasteiger partial charge >= 0.3 is 6.09 Å². The van der Waals surface area contributed by atoms with Crippen LogP contribution in [0.25, 0.3) is 4.85 Å². The van der Waals surface area contributed by atoms with E-state index in [9.17, 15) is 4.79 Å². The Morgan fingerprint density at radius 3 is 2.62 bits per heavy atom. The molecule has 1 saturated heterocycles. The maximum absolute atomic E-state index is 12.0. The summed E-state index contributed by atoms with van der Waals surface area (Å²) in [7, 11) is 0. The smallest absolute Gasteiger partial charge is 0.410 e. The van der Waals surface area contributed by atoms with E-state index in [4.69, 9.17) is 11.3 Å². The van der Waals surface area contributed by atoms with Gasteiger partial charge in [0.1, 0.15) is 5.60 Å². The van der Waals surface area contributed by atoms with Gasteiger partial charge in [-0.15, -0.1) is 0 Å². The standard InChI is InChI=1S/C16H21N3O2/c1-16(2,3)21-15(20)19-10-9-14(11-19)18-13-7-5-12(17-4)6-8-13/h5-8,14,18H,9-11H2,1-3H3/t14-/m0/s1. The number of ether oxygens (including phenoxy) is 1. The predicted molar refractivity (Wildman–Crippen MR) is 82.5 cm³/mol. The van der Waals surface area contributed by atoms with Crippen molar-refractivity contribution in [3.8, 4) is 0 Å². The molecule has 1 aliphatic heterocycles. The van der Waals surface area contributed by atoms with E-state index in [2.05, 4.69) is 10.2 Å². The minimum atomic E-state index is -0.460. The van der Waals surface area contributed by atoms with Crippen LogP contribution >= 0.6 is 0 Å². The Morgan fingerprint density at radius 1 is 1.38 bits per heavy atom. The van der Waals surface area contributed by atoms with Gasteiger partial charge in [0.25, 0.3) is 0 Å². The molecule has 0 aliphatic carbocycles. The molecule has 5 heteroatoms. The highest BCUT2D eigenvalue weighted by Gasteiger charge is 2.29. The molecule has 0 spiro atoms. The van der Waals surface area contributed by atoms with Crippen molar-refractivity contribution in [2.24, 2.45) is 0 Å². The first-order chi connectivity index (χ1) is 9.87. The number of rotatable bonds is 2. The fourth-order valence-electron chi connectivity index (χ4n) is 2.24. The molecule has 0 bridgehead atoms. The number of likely N-dealkylation sites (tertiary alicyclic amines) is 1. The first-order valence-corrected chi connectivity index (χ1v) is 7.09. The summed E-state index contributed by atoms with van der Waals surface area (Å²) in [6.45, 7) is 13.9. The Morgan fingerprint density at radius 2 is 2.05 bits per heavy atom. The Balaban J connectivity index is 1.87. The van der Waals surface area contributed by atoms with Crippen molar-refractivity contribution in [2.75, 3.05) is 18.4 Å². The number of nitrogens with one attached hydrogen (secondary N) is 1. The number of amides is 1. The van der Waals surface area contributed by atoms with E-state index < -0.39 is 5.60 Å². The average Bonchev–Trinajstić information content (AvgIpc) is 2.86. The van der Waals surface area contributed by atoms with Gasteiger partial charge in [-0.25, -0.2) is 9.64 Å². The second-order valence-corrected chi connectivity index (χ2v) is 6.21. The zero-order valence-electron chi connectivity index (χ0n) is 12.7. The maximum atomic E-state index is 12.0. The number of carbonyl (C=O) groups excluding carboxylic acids is 1. The Hall–Kier alpha value is -2.22. The molecular weight excluding hydrogens is 266 g/mol. The van der Waals surface area contributed by atoms with Crippen LogP contribution < -0.4 is 5.32 Å². The van der Waals surface area contributed by atoms with Crippen LogP contribution in [0.15, 0.2) is 24.3 Å². The molecule has 0 aromatic heterocycles. The summed E-state index contributed by atoms with van der Waals surface area (Å²) >= 11 is 0. The van der Waals surface area contributed by atoms with Crippen molar-refractivity contribution in [3.05, 3.63) is 35.7 Å². The summed E-state index contributed by atoms with van der Waals surface area (Å²) in [6.07, 6.45) is 0.638. The van der Waals surface area contributed by atoms with E-state index in [0.717, 1.165) is 12.1 Å². The third-order valence-electron chi connectivity index (χ3n) is 3.21. The van der Waals surface area contributed by atoms with Gasteiger partial charge in [-0.2, -0.15) is 0 Å². The van der Waals surface area contributed by atoms with E-state index in [1.54, 1.807) is 17.0 Å². The topological polar surface area (TPSA) is 45.9 Å². The van der Waals surface area contributed by atoms with Crippen molar-refractivity contribution in [3.63, 3.8) is 0 Å². The second-order valence-electron chi connectivity index (χ2n) is 6.21. The van der Waals surface area contributed by atoms with Crippen molar-refractivity contribution in [1.29, 1.82) is 0 Å². The van der Waals surface area contributed by atoms with Gasteiger partial charge in [-0.1, -0.05) is 12.1 Å². The van der Waals surface area contributed by atoms with Gasteiger partial charge in [0.2, 0.25) is 0 Å². The van der Waals surface area contributed by atoms with Gasteiger partial charge in [0, 0.05) is 24.8 Å². The quantitative estimate of drug-likeness (QED) is 0.844. The molecule has 1 aromatic carbocycles. The molecule has 1 atom stereocenters. The minimum Gasteiger partial charge on any atom is -0.444 e. The molecule has 1 amide bonds. The van der Waals surface area contributed by atoms with Crippen molar-refractivity contribution < 1.29 is 9.53 Å². The third kappa shape index (κ3) is 4.38. The summed E-state index contributed by atoms with van der Waals surface area (Å²) in [5.74, 6) is 0. The van der Waals surface area contributed by atoms with Crippen LogP contribution in [0, 0.1) is 6.57 Å². The zero-order valence-corrected chi connectivity index (χ0v) is 12.7. The highest BCUT2D eigenvalue weighted by atomic mass is 16.6. The lowest BCUT2D eigenvalue weighted by molar-refractivity contribution is 0.0293. The van der Waals surface area contributed by atoms with Gasteiger partial charge in [0.15, 0.2) is 5.69 Å². The number of hydrogen-bond acceptors (Lipinski definition) is 3. The van der Waals surface area contributed by atoms with E-state index in [-0.39, 0.29) is 12.1 Å². The number of benzene rings is 1. The normalized spacial score (nSPS) is 18.2. The summed E-state index contributed by atoms with van der Waals surface area (Å²) in [5, 5.41) is 3.39. The van der Waals surface area contributed by atoms with Crippen LogP contribution in [0.5, 0.6) is 0 Å². The molecular formula is C16H21N3O2. The van der Waals surface area contributed by atoms with Crippen LogP contribution in [-0.4, -0.2) is 35.7 Å². The lowest BCUT2D eigenvalue weighted by Crippen LogP contribution is -2.36. The Kier molecular flexibility index (Phi) is 4.37. The van der Waals surface area contributed by atoms with Crippen molar-refractivity contribution in [1.82, 2.24) is 4.90 Å². The summed E-state index contributed by atoms with van der Waals surface area (Å²) < 4.78 is 5.38. The Bertz CT molecular complexity index is 540. The number of carbonyl (C=O) groups is 1. The SMILES string of the molecule is [C-]#[N+]c1ccc(N[C@H]2CCN(C(=O)OC(C)(C)C)C2)cc1. The van der Waals surface area contributed by atoms with Crippen LogP contribution in [0.2, 0.25) is 0 Å². The zero-order chi connectivity index (χ0) is 15.5. The molecule has 0 saturated carbocycles. The van der Waals surface area contributed by atoms with Gasteiger partial charge in [-0.05, 0) is 39.3 Å². The van der Waals surface area contributed by atoms with Gasteiger partial charge < -0.3 is 15.0 Å². The monoisotopic (exact) mass is 287 g/mol. The molecule has 1 fully saturated rings. The first-order valence-electron chi connectivity index (χ1n) is 7.09. The van der Waals surface area contributed by atoms with Crippen LogP contribution in [-0.2, 0) is 4.74 Å². The molecule has 1 heterocycles. The molecule has 2 rings (SSSR count). The van der Waals surface area contributed by atoms with E-state index >= 15 is 0 Å². The minimum absolute atomic E-state index is 0.219. The molecule has 1 aromatic rings.